The Bertz CT molecular complexity index is 1690. The molecule has 0 spiro atoms. The zero-order chi connectivity index (χ0) is 33.0. The molecule has 0 aliphatic heterocycles. The lowest BCUT2D eigenvalue weighted by Gasteiger charge is -2.32. The highest BCUT2D eigenvalue weighted by molar-refractivity contribution is 5.94. The van der Waals surface area contributed by atoms with Crippen molar-refractivity contribution in [2.24, 2.45) is 5.92 Å². The fourth-order valence-electron chi connectivity index (χ4n) is 5.68. The molecule has 244 valence electrons. The number of rotatable bonds is 11. The SMILES string of the molecule is CC(C)Cc1nnc2ccc(O[C@@H]3CC[C@H](NC(=O)Nc4cc(C(C)(C)C)nc(C(=O)CCCN(C)C)n4)c4ccccc43)cn12. The van der Waals surface area contributed by atoms with Gasteiger partial charge in [-0.2, -0.15) is 0 Å². The molecule has 2 N–H and O–H groups in total. The molecule has 0 radical (unpaired) electrons. The van der Waals surface area contributed by atoms with E-state index in [1.165, 1.54) is 0 Å². The summed E-state index contributed by atoms with van der Waals surface area (Å²) in [5.74, 6) is 2.41. The van der Waals surface area contributed by atoms with Crippen molar-refractivity contribution in [2.45, 2.75) is 84.3 Å². The van der Waals surface area contributed by atoms with E-state index in [9.17, 15) is 9.59 Å². The summed E-state index contributed by atoms with van der Waals surface area (Å²) in [5, 5.41) is 14.7. The molecule has 4 aromatic rings. The van der Waals surface area contributed by atoms with E-state index in [0.717, 1.165) is 41.3 Å². The highest BCUT2D eigenvalue weighted by Crippen LogP contribution is 2.39. The van der Waals surface area contributed by atoms with Crippen LogP contribution >= 0.6 is 0 Å². The zero-order valence-electron chi connectivity index (χ0n) is 28.0. The third-order valence-electron chi connectivity index (χ3n) is 8.05. The number of carbonyl (C=O) groups is 2. The molecule has 11 heteroatoms. The molecule has 11 nitrogen and oxygen atoms in total. The molecule has 0 saturated heterocycles. The van der Waals surface area contributed by atoms with Crippen LogP contribution in [0.5, 0.6) is 5.75 Å². The number of hydrogen-bond acceptors (Lipinski definition) is 8. The van der Waals surface area contributed by atoms with Crippen molar-refractivity contribution < 1.29 is 14.3 Å². The first-order chi connectivity index (χ1) is 21.9. The Kier molecular flexibility index (Phi) is 10.0. The van der Waals surface area contributed by atoms with Gasteiger partial charge in [0.15, 0.2) is 17.3 Å². The molecule has 2 atom stereocenters. The molecule has 1 aliphatic rings. The van der Waals surface area contributed by atoms with Crippen LogP contribution in [0.4, 0.5) is 10.6 Å². The maximum atomic E-state index is 13.3. The van der Waals surface area contributed by atoms with Gasteiger partial charge in [0.1, 0.15) is 23.5 Å². The molecular weight excluding hydrogens is 580 g/mol. The Hall–Kier alpha value is -4.38. The van der Waals surface area contributed by atoms with Crippen LogP contribution in [0.1, 0.15) is 106 Å². The Morgan fingerprint density at radius 1 is 1.04 bits per heavy atom. The highest BCUT2D eigenvalue weighted by atomic mass is 16.5. The van der Waals surface area contributed by atoms with Crippen molar-refractivity contribution >= 4 is 23.3 Å². The standard InChI is InChI=1S/C35H46N8O3/c1-22(2)19-32-41-40-31-17-14-23(21-43(31)32)46-28-16-15-26(24-11-8-9-12-25(24)28)36-34(45)39-30-20-29(35(3,4)5)37-33(38-30)27(44)13-10-18-42(6)7/h8-9,11-12,14,17,20-22,26,28H,10,13,15-16,18-19H2,1-7H3,(H2,36,37,38,39,45)/t26-,28+/m0/s1. The molecule has 3 heterocycles. The average Bonchev–Trinajstić information content (AvgIpc) is 3.38. The van der Waals surface area contributed by atoms with E-state index >= 15 is 0 Å². The number of hydrogen-bond donors (Lipinski definition) is 2. The Labute approximate surface area is 271 Å². The zero-order valence-corrected chi connectivity index (χ0v) is 28.0. The molecule has 0 bridgehead atoms. The first-order valence-electron chi connectivity index (χ1n) is 16.1. The predicted molar refractivity (Wildman–Crippen MR) is 178 cm³/mol. The van der Waals surface area contributed by atoms with Gasteiger partial charge in [-0.3, -0.25) is 14.5 Å². The van der Waals surface area contributed by atoms with Gasteiger partial charge in [-0.1, -0.05) is 58.9 Å². The molecule has 5 rings (SSSR count). The second-order valence-electron chi connectivity index (χ2n) is 13.8. The number of anilines is 1. The number of ketones is 1. The van der Waals surface area contributed by atoms with Gasteiger partial charge in [0.25, 0.3) is 0 Å². The smallest absolute Gasteiger partial charge is 0.320 e. The molecule has 1 aromatic carbocycles. The molecular formula is C35H46N8O3. The second kappa shape index (κ2) is 13.9. The van der Waals surface area contributed by atoms with Crippen molar-refractivity contribution in [1.29, 1.82) is 0 Å². The maximum Gasteiger partial charge on any atom is 0.320 e. The van der Waals surface area contributed by atoms with Crippen LogP contribution in [0.3, 0.4) is 0 Å². The summed E-state index contributed by atoms with van der Waals surface area (Å²) in [6, 6.07) is 13.1. The number of urea groups is 1. The van der Waals surface area contributed by atoms with E-state index in [1.54, 1.807) is 6.07 Å². The monoisotopic (exact) mass is 626 g/mol. The summed E-state index contributed by atoms with van der Waals surface area (Å²) in [5.41, 5.74) is 3.20. The molecule has 0 unspecified atom stereocenters. The number of benzene rings is 1. The molecule has 3 aromatic heterocycles. The van der Waals surface area contributed by atoms with Crippen LogP contribution in [0, 0.1) is 5.92 Å². The van der Waals surface area contributed by atoms with Crippen molar-refractivity contribution in [3.63, 3.8) is 0 Å². The molecule has 0 saturated carbocycles. The average molecular weight is 627 g/mol. The predicted octanol–water partition coefficient (Wildman–Crippen LogP) is 6.32. The van der Waals surface area contributed by atoms with Crippen LogP contribution in [0.25, 0.3) is 5.65 Å². The van der Waals surface area contributed by atoms with E-state index in [-0.39, 0.29) is 35.2 Å². The number of carbonyl (C=O) groups excluding carboxylic acids is 2. The summed E-state index contributed by atoms with van der Waals surface area (Å²) >= 11 is 0. The van der Waals surface area contributed by atoms with E-state index in [2.05, 4.69) is 50.7 Å². The minimum Gasteiger partial charge on any atom is -0.484 e. The number of fused-ring (bicyclic) bond motifs is 2. The van der Waals surface area contributed by atoms with E-state index in [4.69, 9.17) is 4.74 Å². The van der Waals surface area contributed by atoms with Crippen LogP contribution in [0.2, 0.25) is 0 Å². The number of ether oxygens (including phenoxy) is 1. The van der Waals surface area contributed by atoms with Gasteiger partial charge in [0, 0.05) is 24.3 Å². The van der Waals surface area contributed by atoms with Gasteiger partial charge < -0.3 is 15.0 Å². The van der Waals surface area contributed by atoms with Gasteiger partial charge in [0.2, 0.25) is 0 Å². The molecule has 1 aliphatic carbocycles. The largest absolute Gasteiger partial charge is 0.484 e. The first-order valence-corrected chi connectivity index (χ1v) is 16.1. The quantitative estimate of drug-likeness (QED) is 0.185. The maximum absolute atomic E-state index is 13.3. The van der Waals surface area contributed by atoms with E-state index in [0.29, 0.717) is 43.1 Å². The van der Waals surface area contributed by atoms with Crippen LogP contribution in [-0.2, 0) is 11.8 Å². The number of nitrogens with one attached hydrogen (secondary N) is 2. The van der Waals surface area contributed by atoms with E-state index < -0.39 is 0 Å². The highest BCUT2D eigenvalue weighted by Gasteiger charge is 2.30. The minimum atomic E-state index is -0.389. The summed E-state index contributed by atoms with van der Waals surface area (Å²) in [6.07, 6.45) is 5.07. The Morgan fingerprint density at radius 2 is 1.80 bits per heavy atom. The fraction of sp³-hybridized carbons (Fsp3) is 0.486. The van der Waals surface area contributed by atoms with Gasteiger partial charge >= 0.3 is 6.03 Å². The van der Waals surface area contributed by atoms with Gasteiger partial charge in [-0.25, -0.2) is 14.8 Å². The van der Waals surface area contributed by atoms with Crippen molar-refractivity contribution in [2.75, 3.05) is 26.0 Å². The Morgan fingerprint density at radius 3 is 2.52 bits per heavy atom. The van der Waals surface area contributed by atoms with E-state index in [1.807, 2.05) is 80.7 Å². The van der Waals surface area contributed by atoms with Gasteiger partial charge in [-0.05, 0) is 69.1 Å². The summed E-state index contributed by atoms with van der Waals surface area (Å²) in [7, 11) is 3.95. The number of Topliss-reactive ketones (excluding diaryl/α,β-unsaturated/α-hetero) is 1. The minimum absolute atomic E-state index is 0.130. The van der Waals surface area contributed by atoms with Crippen LogP contribution in [0.15, 0.2) is 48.7 Å². The summed E-state index contributed by atoms with van der Waals surface area (Å²) in [4.78, 5) is 37.4. The summed E-state index contributed by atoms with van der Waals surface area (Å²) in [6.45, 7) is 11.2. The number of nitrogens with zero attached hydrogens (tertiary/aromatic N) is 6. The lowest BCUT2D eigenvalue weighted by Crippen LogP contribution is -2.36. The molecule has 46 heavy (non-hydrogen) atoms. The number of aromatic nitrogens is 5. The van der Waals surface area contributed by atoms with Gasteiger partial charge in [-0.15, -0.1) is 10.2 Å². The molecule has 2 amide bonds. The van der Waals surface area contributed by atoms with Crippen molar-refractivity contribution in [3.05, 3.63) is 77.1 Å². The van der Waals surface area contributed by atoms with Crippen molar-refractivity contribution in [1.82, 2.24) is 34.8 Å². The number of amides is 2. The number of pyridine rings is 1. The second-order valence-corrected chi connectivity index (χ2v) is 13.8. The fourth-order valence-corrected chi connectivity index (χ4v) is 5.68. The first kappa shape index (κ1) is 33.0. The van der Waals surface area contributed by atoms with Crippen LogP contribution in [-0.4, -0.2) is 61.9 Å². The van der Waals surface area contributed by atoms with Crippen LogP contribution < -0.4 is 15.4 Å². The van der Waals surface area contributed by atoms with Crippen molar-refractivity contribution in [3.8, 4) is 5.75 Å². The van der Waals surface area contributed by atoms with Gasteiger partial charge in [0.05, 0.1) is 17.9 Å². The lowest BCUT2D eigenvalue weighted by atomic mass is 9.85. The third kappa shape index (κ3) is 8.06. The molecule has 0 fully saturated rings. The summed E-state index contributed by atoms with van der Waals surface area (Å²) < 4.78 is 8.53. The Balaban J connectivity index is 1.30. The topological polar surface area (TPSA) is 127 Å². The third-order valence-corrected chi connectivity index (χ3v) is 8.05. The lowest BCUT2D eigenvalue weighted by molar-refractivity contribution is 0.0966. The normalized spacial score (nSPS) is 16.5.